The second kappa shape index (κ2) is 4.38. The average Bonchev–Trinajstić information content (AvgIpc) is 2.54. The molecular formula is C13H19BrN2. The van der Waals surface area contributed by atoms with Crippen LogP contribution in [0.4, 0.5) is 5.69 Å². The van der Waals surface area contributed by atoms with Gasteiger partial charge in [-0.05, 0) is 51.6 Å². The van der Waals surface area contributed by atoms with E-state index in [1.54, 1.807) is 0 Å². The van der Waals surface area contributed by atoms with Crippen molar-refractivity contribution < 1.29 is 0 Å². The van der Waals surface area contributed by atoms with E-state index >= 15 is 0 Å². The highest BCUT2D eigenvalue weighted by Crippen LogP contribution is 2.34. The smallest absolute Gasteiger partial charge is 0.0499 e. The molecule has 3 heteroatoms. The highest BCUT2D eigenvalue weighted by Gasteiger charge is 2.40. The van der Waals surface area contributed by atoms with Gasteiger partial charge >= 0.3 is 0 Å². The van der Waals surface area contributed by atoms with Gasteiger partial charge in [-0.1, -0.05) is 15.9 Å². The van der Waals surface area contributed by atoms with Crippen LogP contribution < -0.4 is 10.2 Å². The summed E-state index contributed by atoms with van der Waals surface area (Å²) < 4.78 is 1.14. The number of nitrogens with one attached hydrogen (secondary N) is 1. The summed E-state index contributed by atoms with van der Waals surface area (Å²) in [5.41, 5.74) is 1.49. The van der Waals surface area contributed by atoms with E-state index in [2.05, 4.69) is 71.3 Å². The summed E-state index contributed by atoms with van der Waals surface area (Å²) in [5.74, 6) is 0. The molecule has 16 heavy (non-hydrogen) atoms. The number of likely N-dealkylation sites (N-methyl/N-ethyl adjacent to an activating group) is 1. The number of rotatable bonds is 2. The fourth-order valence-electron chi connectivity index (χ4n) is 2.67. The first-order valence-electron chi connectivity index (χ1n) is 5.76. The predicted octanol–water partition coefficient (Wildman–Crippen LogP) is 3.03. The largest absolute Gasteiger partial charge is 0.365 e. The van der Waals surface area contributed by atoms with Gasteiger partial charge in [0.2, 0.25) is 0 Å². The minimum absolute atomic E-state index is 0.183. The van der Waals surface area contributed by atoms with Crippen LogP contribution >= 0.6 is 15.9 Å². The first-order chi connectivity index (χ1) is 7.55. The van der Waals surface area contributed by atoms with Gasteiger partial charge in [0.05, 0.1) is 0 Å². The molecular weight excluding hydrogens is 264 g/mol. The summed E-state index contributed by atoms with van der Waals surface area (Å²) in [5, 5.41) is 3.41. The number of nitrogens with zero attached hydrogens (tertiary/aromatic N) is 1. The molecule has 2 rings (SSSR count). The van der Waals surface area contributed by atoms with Crippen LogP contribution in [0.2, 0.25) is 0 Å². The Kier molecular flexibility index (Phi) is 3.27. The summed E-state index contributed by atoms with van der Waals surface area (Å²) in [6.07, 6.45) is 1.21. The van der Waals surface area contributed by atoms with E-state index in [1.807, 2.05) is 0 Å². The Labute approximate surface area is 106 Å². The van der Waals surface area contributed by atoms with Gasteiger partial charge in [0, 0.05) is 28.3 Å². The van der Waals surface area contributed by atoms with Crippen molar-refractivity contribution in [3.05, 3.63) is 28.7 Å². The molecule has 1 atom stereocenters. The molecule has 0 aliphatic carbocycles. The van der Waals surface area contributed by atoms with Crippen molar-refractivity contribution in [2.75, 3.05) is 18.5 Å². The van der Waals surface area contributed by atoms with Crippen molar-refractivity contribution in [1.29, 1.82) is 0 Å². The lowest BCUT2D eigenvalue weighted by Gasteiger charge is -2.37. The molecule has 0 radical (unpaired) electrons. The van der Waals surface area contributed by atoms with Crippen molar-refractivity contribution in [3.63, 3.8) is 0 Å². The van der Waals surface area contributed by atoms with Crippen LogP contribution in [-0.2, 0) is 0 Å². The zero-order valence-electron chi connectivity index (χ0n) is 10.1. The van der Waals surface area contributed by atoms with Crippen LogP contribution in [0, 0.1) is 0 Å². The third-order valence-corrected chi connectivity index (χ3v) is 4.21. The highest BCUT2D eigenvalue weighted by atomic mass is 79.9. The Morgan fingerprint density at radius 2 is 1.94 bits per heavy atom. The van der Waals surface area contributed by atoms with E-state index in [0.717, 1.165) is 11.0 Å². The van der Waals surface area contributed by atoms with Crippen molar-refractivity contribution in [3.8, 4) is 0 Å². The number of hydrogen-bond acceptors (Lipinski definition) is 2. The molecule has 2 nitrogen and oxygen atoms in total. The van der Waals surface area contributed by atoms with E-state index in [-0.39, 0.29) is 5.54 Å². The van der Waals surface area contributed by atoms with Crippen LogP contribution in [-0.4, -0.2) is 25.2 Å². The second-order valence-electron chi connectivity index (χ2n) is 4.91. The van der Waals surface area contributed by atoms with Crippen LogP contribution in [0.25, 0.3) is 0 Å². The van der Waals surface area contributed by atoms with Crippen molar-refractivity contribution in [2.45, 2.75) is 31.8 Å². The van der Waals surface area contributed by atoms with Crippen LogP contribution in [0.5, 0.6) is 0 Å². The van der Waals surface area contributed by atoms with Gasteiger partial charge in [-0.25, -0.2) is 0 Å². The summed E-state index contributed by atoms with van der Waals surface area (Å²) in [6.45, 7) is 5.74. The second-order valence-corrected chi connectivity index (χ2v) is 5.83. The highest BCUT2D eigenvalue weighted by molar-refractivity contribution is 9.10. The van der Waals surface area contributed by atoms with Crippen molar-refractivity contribution in [2.24, 2.45) is 0 Å². The third kappa shape index (κ3) is 1.98. The molecule has 1 aliphatic heterocycles. The monoisotopic (exact) mass is 282 g/mol. The zero-order chi connectivity index (χ0) is 11.8. The van der Waals surface area contributed by atoms with Crippen LogP contribution in [0.15, 0.2) is 28.7 Å². The summed E-state index contributed by atoms with van der Waals surface area (Å²) in [6, 6.07) is 9.15. The first-order valence-corrected chi connectivity index (χ1v) is 6.55. The minimum Gasteiger partial charge on any atom is -0.365 e. The standard InChI is InChI=1S/C13H19BrN2/c1-13(2)12(15-3)8-9-16(13)11-6-4-10(14)5-7-11/h4-7,12,15H,8-9H2,1-3H3. The molecule has 1 aromatic rings. The first kappa shape index (κ1) is 11.9. The van der Waals surface area contributed by atoms with E-state index in [0.29, 0.717) is 6.04 Å². The SMILES string of the molecule is CNC1CCN(c2ccc(Br)cc2)C1(C)C. The van der Waals surface area contributed by atoms with Crippen molar-refractivity contribution in [1.82, 2.24) is 5.32 Å². The van der Waals surface area contributed by atoms with Crippen molar-refractivity contribution >= 4 is 21.6 Å². The van der Waals surface area contributed by atoms with E-state index < -0.39 is 0 Å². The number of anilines is 1. The zero-order valence-corrected chi connectivity index (χ0v) is 11.7. The molecule has 0 spiro atoms. The molecule has 0 aromatic heterocycles. The molecule has 1 unspecified atom stereocenters. The van der Waals surface area contributed by atoms with Gasteiger partial charge in [-0.3, -0.25) is 0 Å². The Morgan fingerprint density at radius 1 is 1.31 bits per heavy atom. The van der Waals surface area contributed by atoms with E-state index in [9.17, 15) is 0 Å². The molecule has 1 aliphatic rings. The Hall–Kier alpha value is -0.540. The Balaban J connectivity index is 2.26. The maximum absolute atomic E-state index is 3.48. The molecule has 1 heterocycles. The van der Waals surface area contributed by atoms with Gasteiger partial charge in [0.25, 0.3) is 0 Å². The number of halogens is 1. The molecule has 0 saturated carbocycles. The number of benzene rings is 1. The maximum Gasteiger partial charge on any atom is 0.0499 e. The number of hydrogen-bond donors (Lipinski definition) is 1. The van der Waals surface area contributed by atoms with E-state index in [1.165, 1.54) is 12.1 Å². The lowest BCUT2D eigenvalue weighted by atomic mass is 9.95. The Bertz CT molecular complexity index is 359. The normalized spacial score (nSPS) is 23.8. The average molecular weight is 283 g/mol. The minimum atomic E-state index is 0.183. The third-order valence-electron chi connectivity index (χ3n) is 3.68. The lowest BCUT2D eigenvalue weighted by molar-refractivity contribution is 0.403. The van der Waals surface area contributed by atoms with Gasteiger partial charge in [-0.2, -0.15) is 0 Å². The topological polar surface area (TPSA) is 15.3 Å². The predicted molar refractivity (Wildman–Crippen MR) is 73.0 cm³/mol. The fraction of sp³-hybridized carbons (Fsp3) is 0.538. The van der Waals surface area contributed by atoms with Gasteiger partial charge in [0.15, 0.2) is 0 Å². The summed E-state index contributed by atoms with van der Waals surface area (Å²) in [4.78, 5) is 2.49. The van der Waals surface area contributed by atoms with Gasteiger partial charge in [-0.15, -0.1) is 0 Å². The molecule has 0 bridgehead atoms. The molecule has 0 amide bonds. The molecule has 88 valence electrons. The molecule has 1 aromatic carbocycles. The van der Waals surface area contributed by atoms with E-state index in [4.69, 9.17) is 0 Å². The lowest BCUT2D eigenvalue weighted by Crippen LogP contribution is -2.50. The quantitative estimate of drug-likeness (QED) is 0.897. The summed E-state index contributed by atoms with van der Waals surface area (Å²) >= 11 is 3.48. The summed E-state index contributed by atoms with van der Waals surface area (Å²) in [7, 11) is 2.05. The van der Waals surface area contributed by atoms with Gasteiger partial charge < -0.3 is 10.2 Å². The maximum atomic E-state index is 3.48. The van der Waals surface area contributed by atoms with Crippen LogP contribution in [0.3, 0.4) is 0 Å². The molecule has 1 saturated heterocycles. The van der Waals surface area contributed by atoms with Crippen LogP contribution in [0.1, 0.15) is 20.3 Å². The fourth-order valence-corrected chi connectivity index (χ4v) is 2.93. The Morgan fingerprint density at radius 3 is 2.44 bits per heavy atom. The van der Waals surface area contributed by atoms with Gasteiger partial charge in [0.1, 0.15) is 0 Å². The molecule has 1 fully saturated rings. The molecule has 1 N–H and O–H groups in total.